The number of benzene rings is 1. The lowest BCUT2D eigenvalue weighted by molar-refractivity contribution is 0.107. The van der Waals surface area contributed by atoms with Crippen LogP contribution in [0, 0.1) is 5.95 Å². The van der Waals surface area contributed by atoms with E-state index in [0.29, 0.717) is 0 Å². The van der Waals surface area contributed by atoms with Gasteiger partial charge in [-0.3, -0.25) is 4.79 Å². The zero-order chi connectivity index (χ0) is 16.4. The van der Waals surface area contributed by atoms with Gasteiger partial charge < -0.3 is 4.57 Å². The summed E-state index contributed by atoms with van der Waals surface area (Å²) in [6, 6.07) is 9.52. The second kappa shape index (κ2) is 6.53. The molecule has 0 unspecified atom stereocenters. The highest BCUT2D eigenvalue weighted by Crippen LogP contribution is 2.44. The number of rotatable bonds is 5. The van der Waals surface area contributed by atoms with Crippen LogP contribution in [0.3, 0.4) is 0 Å². The van der Waals surface area contributed by atoms with Crippen molar-refractivity contribution in [1.29, 1.82) is 0 Å². The van der Waals surface area contributed by atoms with Gasteiger partial charge in [-0.15, -0.1) is 6.58 Å². The highest BCUT2D eigenvalue weighted by Gasteiger charge is 2.39. The van der Waals surface area contributed by atoms with Crippen LogP contribution < -0.4 is 0 Å². The highest BCUT2D eigenvalue weighted by atomic mass is 32.2. The molecule has 0 radical (unpaired) electrons. The number of nitrogens with zero attached hydrogens (tertiary/aromatic N) is 2. The second-order valence-electron chi connectivity index (χ2n) is 5.53. The third-order valence-corrected chi connectivity index (χ3v) is 7.05. The van der Waals surface area contributed by atoms with Gasteiger partial charge >= 0.3 is 0 Å². The number of thioether (sulfide) groups is 2. The van der Waals surface area contributed by atoms with Crippen LogP contribution in [0.2, 0.25) is 0 Å². The first-order valence-electron chi connectivity index (χ1n) is 7.28. The smallest absolute Gasteiger partial charge is 0.242 e. The van der Waals surface area contributed by atoms with Crippen molar-refractivity contribution >= 4 is 28.6 Å². The first-order chi connectivity index (χ1) is 11.1. The van der Waals surface area contributed by atoms with Crippen LogP contribution in [0.1, 0.15) is 29.0 Å². The maximum absolute atomic E-state index is 14.1. The molecule has 3 nitrogen and oxygen atoms in total. The second-order valence-corrected chi connectivity index (χ2v) is 7.90. The van der Waals surface area contributed by atoms with Crippen molar-refractivity contribution < 1.29 is 9.18 Å². The van der Waals surface area contributed by atoms with Crippen molar-refractivity contribution in [3.8, 4) is 0 Å². The van der Waals surface area contributed by atoms with Gasteiger partial charge in [-0.25, -0.2) is 4.98 Å². The van der Waals surface area contributed by atoms with Crippen molar-refractivity contribution in [1.82, 2.24) is 9.55 Å². The summed E-state index contributed by atoms with van der Waals surface area (Å²) in [5, 5.41) is -0.289. The van der Waals surface area contributed by atoms with Gasteiger partial charge in [0.25, 0.3) is 0 Å². The zero-order valence-corrected chi connectivity index (χ0v) is 14.4. The van der Waals surface area contributed by atoms with Gasteiger partial charge in [0.2, 0.25) is 11.1 Å². The third kappa shape index (κ3) is 3.10. The minimum Gasteiger partial charge on any atom is -0.318 e. The van der Waals surface area contributed by atoms with E-state index in [9.17, 15) is 9.18 Å². The average molecular weight is 348 g/mol. The predicted molar refractivity (Wildman–Crippen MR) is 94.6 cm³/mol. The fourth-order valence-corrected chi connectivity index (χ4v) is 5.02. The summed E-state index contributed by atoms with van der Waals surface area (Å²) in [6.07, 6.45) is 3.20. The van der Waals surface area contributed by atoms with E-state index in [1.54, 1.807) is 22.4 Å². The molecule has 120 valence electrons. The lowest BCUT2D eigenvalue weighted by atomic mass is 10.1. The molecule has 1 aromatic heterocycles. The van der Waals surface area contributed by atoms with E-state index < -0.39 is 5.95 Å². The molecule has 1 aliphatic heterocycles. The molecule has 1 aromatic carbocycles. The Morgan fingerprint density at radius 3 is 2.74 bits per heavy atom. The molecule has 0 amide bonds. The summed E-state index contributed by atoms with van der Waals surface area (Å²) in [5.74, 6) is 0.949. The molecule has 0 bridgehead atoms. The van der Waals surface area contributed by atoms with E-state index in [1.165, 1.54) is 6.33 Å². The molecule has 1 aliphatic rings. The largest absolute Gasteiger partial charge is 0.318 e. The summed E-state index contributed by atoms with van der Waals surface area (Å²) >= 11 is 2.91. The summed E-state index contributed by atoms with van der Waals surface area (Å²) < 4.78 is 15.5. The lowest BCUT2D eigenvalue weighted by Gasteiger charge is -2.36. The van der Waals surface area contributed by atoms with E-state index in [2.05, 4.69) is 11.6 Å². The Labute approximate surface area is 143 Å². The molecule has 3 rings (SSSR count). The Morgan fingerprint density at radius 1 is 1.48 bits per heavy atom. The fraction of sp³-hybridized carbons (Fsp3) is 0.294. The Bertz CT molecular complexity index is 725. The first-order valence-corrected chi connectivity index (χ1v) is 9.25. The maximum Gasteiger partial charge on any atom is 0.242 e. The van der Waals surface area contributed by atoms with E-state index in [-0.39, 0.29) is 21.6 Å². The topological polar surface area (TPSA) is 34.9 Å². The number of hydrogen-bond donors (Lipinski definition) is 0. The number of halogens is 1. The molecule has 1 saturated heterocycles. The Kier molecular flexibility index (Phi) is 4.64. The van der Waals surface area contributed by atoms with Gasteiger partial charge in [-0.05, 0) is 12.5 Å². The number of aromatic nitrogens is 2. The quantitative estimate of drug-likeness (QED) is 0.760. The zero-order valence-electron chi connectivity index (χ0n) is 12.7. The molecule has 2 aromatic rings. The van der Waals surface area contributed by atoms with Crippen LogP contribution in [0.25, 0.3) is 0 Å². The number of hydrogen-bond acceptors (Lipinski definition) is 4. The molecule has 2 heterocycles. The normalized spacial score (nSPS) is 17.3. The van der Waals surface area contributed by atoms with Crippen molar-refractivity contribution in [2.24, 2.45) is 0 Å². The number of imidazole rings is 1. The number of carbonyl (C=O) groups is 1. The summed E-state index contributed by atoms with van der Waals surface area (Å²) in [4.78, 5) is 16.4. The van der Waals surface area contributed by atoms with Crippen LogP contribution in [0.15, 0.2) is 49.3 Å². The van der Waals surface area contributed by atoms with Crippen molar-refractivity contribution in [3.63, 3.8) is 0 Å². The molecule has 1 atom stereocenters. The van der Waals surface area contributed by atoms with Gasteiger partial charge in [0.05, 0.1) is 17.1 Å². The van der Waals surface area contributed by atoms with Crippen molar-refractivity contribution in [2.45, 2.75) is 17.7 Å². The monoisotopic (exact) mass is 348 g/mol. The Hall–Kier alpha value is -1.53. The lowest BCUT2D eigenvalue weighted by Crippen LogP contribution is -2.39. The fourth-order valence-electron chi connectivity index (χ4n) is 2.47. The van der Waals surface area contributed by atoms with Crippen LogP contribution in [0.4, 0.5) is 4.39 Å². The van der Waals surface area contributed by atoms with Crippen LogP contribution >= 0.6 is 23.5 Å². The van der Waals surface area contributed by atoms with E-state index in [0.717, 1.165) is 28.8 Å². The average Bonchev–Trinajstić information content (AvgIpc) is 2.92. The Balaban J connectivity index is 1.89. The molecule has 6 heteroatoms. The van der Waals surface area contributed by atoms with Crippen LogP contribution in [-0.4, -0.2) is 30.9 Å². The van der Waals surface area contributed by atoms with Gasteiger partial charge in [0, 0.05) is 11.5 Å². The van der Waals surface area contributed by atoms with Gasteiger partial charge in [-0.1, -0.05) is 48.2 Å². The van der Waals surface area contributed by atoms with Gasteiger partial charge in [0.1, 0.15) is 0 Å². The van der Waals surface area contributed by atoms with Gasteiger partial charge in [-0.2, -0.15) is 16.2 Å². The predicted octanol–water partition coefficient (Wildman–Crippen LogP) is 4.18. The summed E-state index contributed by atoms with van der Waals surface area (Å²) in [7, 11) is 0. The van der Waals surface area contributed by atoms with Crippen LogP contribution in [0.5, 0.6) is 0 Å². The van der Waals surface area contributed by atoms with Crippen molar-refractivity contribution in [3.05, 3.63) is 66.5 Å². The van der Waals surface area contributed by atoms with E-state index >= 15 is 0 Å². The molecule has 0 N–H and O–H groups in total. The van der Waals surface area contributed by atoms with E-state index in [1.807, 2.05) is 37.3 Å². The van der Waals surface area contributed by atoms with Gasteiger partial charge in [0.15, 0.2) is 5.69 Å². The van der Waals surface area contributed by atoms with E-state index in [4.69, 9.17) is 0 Å². The van der Waals surface area contributed by atoms with Crippen molar-refractivity contribution in [2.75, 3.05) is 11.5 Å². The molecule has 1 fully saturated rings. The maximum atomic E-state index is 14.1. The van der Waals surface area contributed by atoms with Crippen LogP contribution in [-0.2, 0) is 0 Å². The summed E-state index contributed by atoms with van der Waals surface area (Å²) in [5.41, 5.74) is 1.03. The molecular weight excluding hydrogens is 331 g/mol. The Morgan fingerprint density at radius 2 is 2.17 bits per heavy atom. The molecule has 0 saturated carbocycles. The first kappa shape index (κ1) is 16.3. The SMILES string of the molecule is C=CC1(SC(=O)c2c(F)ncn2[C@H](C)c2ccccc2)CSC1. The molecule has 23 heavy (non-hydrogen) atoms. The third-order valence-electron chi connectivity index (χ3n) is 4.00. The summed E-state index contributed by atoms with van der Waals surface area (Å²) in [6.45, 7) is 5.75. The highest BCUT2D eigenvalue weighted by molar-refractivity contribution is 8.18. The minimum absolute atomic E-state index is 0.0319. The molecular formula is C17H17FN2OS2. The molecule has 0 aliphatic carbocycles. The standard InChI is InChI=1S/C17H17FN2OS2/c1-3-17(9-22-10-17)23-16(21)14-15(18)19-11-20(14)12(2)13-7-5-4-6-8-13/h3-8,11-12H,1,9-10H2,2H3/t12-/m1/s1. The minimum atomic E-state index is -0.712. The number of carbonyl (C=O) groups excluding carboxylic acids is 1. The molecule has 0 spiro atoms.